The predicted molar refractivity (Wildman–Crippen MR) is 108 cm³/mol. The Balaban J connectivity index is 1.61. The number of carbonyl (C=O) groups is 1. The fourth-order valence-electron chi connectivity index (χ4n) is 3.27. The molecule has 0 bridgehead atoms. The lowest BCUT2D eigenvalue weighted by molar-refractivity contribution is -0.115. The molecule has 0 aliphatic carbocycles. The Morgan fingerprint density at radius 2 is 1.96 bits per heavy atom. The van der Waals surface area contributed by atoms with E-state index in [-0.39, 0.29) is 12.3 Å². The van der Waals surface area contributed by atoms with Crippen LogP contribution < -0.4 is 5.32 Å². The zero-order valence-electron chi connectivity index (χ0n) is 16.3. The first-order valence-corrected chi connectivity index (χ1v) is 9.96. The second-order valence-electron chi connectivity index (χ2n) is 6.60. The third-order valence-corrected chi connectivity index (χ3v) is 5.23. The highest BCUT2D eigenvalue weighted by atomic mass is 32.2. The van der Waals surface area contributed by atoms with Crippen LogP contribution in [0.2, 0.25) is 0 Å². The molecule has 0 aliphatic heterocycles. The fourth-order valence-corrected chi connectivity index (χ4v) is 3.61. The van der Waals surface area contributed by atoms with Crippen LogP contribution in [0.3, 0.4) is 0 Å². The van der Waals surface area contributed by atoms with Crippen LogP contribution in [0.4, 0.5) is 5.69 Å². The molecule has 1 N–H and O–H groups in total. The van der Waals surface area contributed by atoms with Crippen molar-refractivity contribution in [2.45, 2.75) is 32.3 Å². The van der Waals surface area contributed by atoms with E-state index in [1.807, 2.05) is 40.1 Å². The molecule has 9 nitrogen and oxygen atoms in total. The summed E-state index contributed by atoms with van der Waals surface area (Å²) in [5.41, 5.74) is 4.78. The summed E-state index contributed by atoms with van der Waals surface area (Å²) in [5, 5.41) is 13.3. The summed E-state index contributed by atoms with van der Waals surface area (Å²) >= 11 is 1.46. The van der Waals surface area contributed by atoms with Crippen molar-refractivity contribution in [3.05, 3.63) is 34.9 Å². The summed E-state index contributed by atoms with van der Waals surface area (Å²) in [7, 11) is 1.85. The van der Waals surface area contributed by atoms with Gasteiger partial charge in [0.15, 0.2) is 5.65 Å². The minimum atomic E-state index is -0.139. The first kappa shape index (κ1) is 18.4. The molecular formula is C18H20N8OS. The fraction of sp³-hybridized carbons (Fsp3) is 0.333. The summed E-state index contributed by atoms with van der Waals surface area (Å²) < 4.78 is 3.42. The summed E-state index contributed by atoms with van der Waals surface area (Å²) in [6.07, 6.45) is 3.75. The van der Waals surface area contributed by atoms with Crippen LogP contribution in [0, 0.1) is 20.8 Å². The Morgan fingerprint density at radius 1 is 1.18 bits per heavy atom. The van der Waals surface area contributed by atoms with E-state index < -0.39 is 0 Å². The van der Waals surface area contributed by atoms with Crippen molar-refractivity contribution in [1.29, 1.82) is 0 Å². The molecule has 0 spiro atoms. The molecule has 4 aromatic rings. The predicted octanol–water partition coefficient (Wildman–Crippen LogP) is 2.23. The average molecular weight is 396 g/mol. The number of amides is 1. The zero-order chi connectivity index (χ0) is 20.0. The highest BCUT2D eigenvalue weighted by Gasteiger charge is 2.16. The van der Waals surface area contributed by atoms with Crippen molar-refractivity contribution in [2.24, 2.45) is 7.05 Å². The molecule has 0 saturated heterocycles. The van der Waals surface area contributed by atoms with Crippen LogP contribution in [0.15, 0.2) is 17.4 Å². The first-order chi connectivity index (χ1) is 13.4. The van der Waals surface area contributed by atoms with Crippen LogP contribution in [-0.2, 0) is 18.3 Å². The molecule has 0 atom stereocenters. The van der Waals surface area contributed by atoms with Gasteiger partial charge in [-0.05, 0) is 33.1 Å². The Bertz CT molecular complexity index is 1230. The summed E-state index contributed by atoms with van der Waals surface area (Å²) in [6.45, 7) is 5.73. The number of fused-ring (bicyclic) bond motifs is 2. The number of carbonyl (C=O) groups excluding carboxylic acids is 1. The first-order valence-electron chi connectivity index (χ1n) is 8.73. The van der Waals surface area contributed by atoms with Gasteiger partial charge in [0.1, 0.15) is 0 Å². The van der Waals surface area contributed by atoms with Crippen molar-refractivity contribution in [3.63, 3.8) is 0 Å². The van der Waals surface area contributed by atoms with Crippen molar-refractivity contribution in [1.82, 2.24) is 34.3 Å². The third kappa shape index (κ3) is 3.09. The number of hydrogen-bond acceptors (Lipinski definition) is 7. The van der Waals surface area contributed by atoms with E-state index in [1.165, 1.54) is 11.8 Å². The Hall–Kier alpha value is -3.01. The van der Waals surface area contributed by atoms with E-state index in [9.17, 15) is 4.79 Å². The SMILES string of the molecule is CSc1nc2nc(C)c(CC(=O)Nc3cnc4c(c3)c(C)nn4C)c(C)n2n1. The van der Waals surface area contributed by atoms with Crippen LogP contribution in [0.1, 0.15) is 22.6 Å². The molecule has 10 heteroatoms. The highest BCUT2D eigenvalue weighted by molar-refractivity contribution is 7.98. The smallest absolute Gasteiger partial charge is 0.253 e. The van der Waals surface area contributed by atoms with E-state index in [2.05, 4.69) is 30.5 Å². The molecule has 0 aromatic carbocycles. The van der Waals surface area contributed by atoms with E-state index in [1.54, 1.807) is 15.4 Å². The molecule has 0 fully saturated rings. The number of thioether (sulfide) groups is 1. The maximum atomic E-state index is 12.7. The Kier molecular flexibility index (Phi) is 4.50. The second-order valence-corrected chi connectivity index (χ2v) is 7.37. The standard InChI is InChI=1S/C18H20N8OS/c1-9-13(11(3)26-17(20-9)22-18(24-26)28-5)7-15(27)21-12-6-14-10(2)23-25(4)16(14)19-8-12/h6,8H,7H2,1-5H3,(H,21,27). The topological polar surface area (TPSA) is 103 Å². The van der Waals surface area contributed by atoms with Crippen LogP contribution in [0.5, 0.6) is 0 Å². The van der Waals surface area contributed by atoms with Crippen LogP contribution in [-0.4, -0.2) is 46.5 Å². The van der Waals surface area contributed by atoms with E-state index in [0.717, 1.165) is 33.7 Å². The number of hydrogen-bond donors (Lipinski definition) is 1. The molecule has 4 heterocycles. The summed E-state index contributed by atoms with van der Waals surface area (Å²) in [6, 6.07) is 1.89. The lowest BCUT2D eigenvalue weighted by Crippen LogP contribution is -2.18. The van der Waals surface area contributed by atoms with Gasteiger partial charge in [0.25, 0.3) is 5.78 Å². The van der Waals surface area contributed by atoms with Gasteiger partial charge in [-0.2, -0.15) is 10.1 Å². The molecule has 0 saturated carbocycles. The molecule has 0 aliphatic rings. The van der Waals surface area contributed by atoms with Gasteiger partial charge in [-0.15, -0.1) is 5.10 Å². The molecule has 0 unspecified atom stereocenters. The molecule has 4 aromatic heterocycles. The van der Waals surface area contributed by atoms with Crippen molar-refractivity contribution in [3.8, 4) is 0 Å². The maximum absolute atomic E-state index is 12.7. The number of pyridine rings is 1. The minimum absolute atomic E-state index is 0.139. The monoisotopic (exact) mass is 396 g/mol. The number of nitrogens with zero attached hydrogens (tertiary/aromatic N) is 7. The lowest BCUT2D eigenvalue weighted by atomic mass is 10.1. The molecule has 0 radical (unpaired) electrons. The van der Waals surface area contributed by atoms with E-state index in [4.69, 9.17) is 0 Å². The van der Waals surface area contributed by atoms with Crippen molar-refractivity contribution < 1.29 is 4.79 Å². The number of aromatic nitrogens is 7. The van der Waals surface area contributed by atoms with E-state index in [0.29, 0.717) is 16.6 Å². The van der Waals surface area contributed by atoms with Gasteiger partial charge in [-0.1, -0.05) is 11.8 Å². The van der Waals surface area contributed by atoms with Gasteiger partial charge >= 0.3 is 0 Å². The van der Waals surface area contributed by atoms with E-state index >= 15 is 0 Å². The normalized spacial score (nSPS) is 11.5. The van der Waals surface area contributed by atoms with Gasteiger partial charge in [-0.25, -0.2) is 14.5 Å². The number of rotatable bonds is 4. The minimum Gasteiger partial charge on any atom is -0.324 e. The van der Waals surface area contributed by atoms with Gasteiger partial charge in [0.05, 0.1) is 24.0 Å². The van der Waals surface area contributed by atoms with Crippen LogP contribution >= 0.6 is 11.8 Å². The third-order valence-electron chi connectivity index (χ3n) is 4.70. The quantitative estimate of drug-likeness (QED) is 0.528. The second kappa shape index (κ2) is 6.86. The maximum Gasteiger partial charge on any atom is 0.253 e. The zero-order valence-corrected chi connectivity index (χ0v) is 17.1. The highest BCUT2D eigenvalue weighted by Crippen LogP contribution is 2.21. The summed E-state index contributed by atoms with van der Waals surface area (Å²) in [4.78, 5) is 25.9. The van der Waals surface area contributed by atoms with Gasteiger partial charge in [0, 0.05) is 29.4 Å². The molecular weight excluding hydrogens is 376 g/mol. The molecule has 144 valence electrons. The van der Waals surface area contributed by atoms with Gasteiger partial charge in [0.2, 0.25) is 11.1 Å². The Labute approximate surface area is 165 Å². The number of aryl methyl sites for hydroxylation is 4. The summed E-state index contributed by atoms with van der Waals surface area (Å²) in [5.74, 6) is 0.408. The van der Waals surface area contributed by atoms with Crippen molar-refractivity contribution >= 4 is 40.2 Å². The van der Waals surface area contributed by atoms with Gasteiger partial charge < -0.3 is 5.32 Å². The number of anilines is 1. The lowest BCUT2D eigenvalue weighted by Gasteiger charge is -2.11. The largest absolute Gasteiger partial charge is 0.324 e. The van der Waals surface area contributed by atoms with Crippen molar-refractivity contribution in [2.75, 3.05) is 11.6 Å². The van der Waals surface area contributed by atoms with Crippen LogP contribution in [0.25, 0.3) is 16.8 Å². The van der Waals surface area contributed by atoms with Gasteiger partial charge in [-0.3, -0.25) is 9.48 Å². The number of nitrogens with one attached hydrogen (secondary N) is 1. The molecule has 4 rings (SSSR count). The molecule has 1 amide bonds. The Morgan fingerprint density at radius 3 is 2.71 bits per heavy atom. The molecule has 28 heavy (non-hydrogen) atoms. The average Bonchev–Trinajstić information content (AvgIpc) is 3.19.